The molecule has 0 aliphatic carbocycles. The van der Waals surface area contributed by atoms with Crippen molar-refractivity contribution >= 4 is 40.1 Å². The summed E-state index contributed by atoms with van der Waals surface area (Å²) in [6, 6.07) is 11.5. The van der Waals surface area contributed by atoms with Crippen molar-refractivity contribution in [3.05, 3.63) is 69.4 Å². The fourth-order valence-corrected chi connectivity index (χ4v) is 2.67. The summed E-state index contributed by atoms with van der Waals surface area (Å²) in [6.07, 6.45) is -0.298. The number of carbonyl (C=O) groups excluding carboxylic acids is 1. The van der Waals surface area contributed by atoms with Gasteiger partial charge in [-0.1, -0.05) is 53.2 Å². The van der Waals surface area contributed by atoms with Gasteiger partial charge in [-0.25, -0.2) is 4.39 Å². The summed E-state index contributed by atoms with van der Waals surface area (Å²) in [5.74, 6) is -0.920. The van der Waals surface area contributed by atoms with Crippen LogP contribution in [0.4, 0.5) is 4.39 Å². The third kappa shape index (κ3) is 6.61. The van der Waals surface area contributed by atoms with E-state index in [2.05, 4.69) is 21.2 Å². The first kappa shape index (κ1) is 23.1. The number of amidine groups is 1. The standard InChI is InChI=1S/C19H21BrFN3O2.ClH/c1-2-9-26-17(15-8-7-14(20)10-16(15)21)19(25)24-11-12-3-5-13(6-4-12)18(22)23;/h3-8,10,17H,2,9,11H2,1H3,(H3,22,23)(H,24,25);1H/t17-;/m0./s1. The Hall–Kier alpha value is -1.96. The Balaban J connectivity index is 0.00000364. The molecule has 146 valence electrons. The van der Waals surface area contributed by atoms with Gasteiger partial charge in [-0.2, -0.15) is 0 Å². The topological polar surface area (TPSA) is 88.2 Å². The van der Waals surface area contributed by atoms with Crippen LogP contribution in [0.5, 0.6) is 0 Å². The maximum atomic E-state index is 14.2. The van der Waals surface area contributed by atoms with Crippen LogP contribution in [-0.4, -0.2) is 18.3 Å². The van der Waals surface area contributed by atoms with Crippen molar-refractivity contribution in [3.63, 3.8) is 0 Å². The highest BCUT2D eigenvalue weighted by molar-refractivity contribution is 9.10. The minimum absolute atomic E-state index is 0. The van der Waals surface area contributed by atoms with Crippen LogP contribution >= 0.6 is 28.3 Å². The number of amides is 1. The Labute approximate surface area is 172 Å². The molecule has 0 spiro atoms. The predicted octanol–water partition coefficient (Wildman–Crippen LogP) is 4.08. The molecule has 1 atom stereocenters. The van der Waals surface area contributed by atoms with E-state index in [1.807, 2.05) is 6.92 Å². The lowest BCUT2D eigenvalue weighted by Crippen LogP contribution is -2.31. The summed E-state index contributed by atoms with van der Waals surface area (Å²) in [4.78, 5) is 12.6. The Morgan fingerprint density at radius 2 is 1.96 bits per heavy atom. The largest absolute Gasteiger partial charge is 0.384 e. The molecule has 8 heteroatoms. The van der Waals surface area contributed by atoms with Gasteiger partial charge in [-0.05, 0) is 24.1 Å². The molecule has 0 radical (unpaired) electrons. The van der Waals surface area contributed by atoms with E-state index in [-0.39, 0.29) is 30.4 Å². The first-order chi connectivity index (χ1) is 12.4. The molecule has 0 heterocycles. The van der Waals surface area contributed by atoms with E-state index in [0.717, 1.165) is 5.56 Å². The predicted molar refractivity (Wildman–Crippen MR) is 110 cm³/mol. The zero-order valence-corrected chi connectivity index (χ0v) is 17.2. The Morgan fingerprint density at radius 3 is 2.52 bits per heavy atom. The summed E-state index contributed by atoms with van der Waals surface area (Å²) >= 11 is 3.21. The monoisotopic (exact) mass is 457 g/mol. The second-order valence-corrected chi connectivity index (χ2v) is 6.66. The van der Waals surface area contributed by atoms with E-state index in [1.165, 1.54) is 6.07 Å². The molecule has 1 amide bonds. The van der Waals surface area contributed by atoms with Gasteiger partial charge >= 0.3 is 0 Å². The van der Waals surface area contributed by atoms with Crippen molar-refractivity contribution in [2.75, 3.05) is 6.61 Å². The maximum Gasteiger partial charge on any atom is 0.254 e. The minimum Gasteiger partial charge on any atom is -0.384 e. The SMILES string of the molecule is CCCO[C@H](C(=O)NCc1ccc(C(=N)N)cc1)c1ccc(Br)cc1F.Cl. The lowest BCUT2D eigenvalue weighted by atomic mass is 10.1. The van der Waals surface area contributed by atoms with Gasteiger partial charge in [-0.3, -0.25) is 10.2 Å². The Kier molecular flexibility index (Phi) is 9.41. The summed E-state index contributed by atoms with van der Waals surface area (Å²) < 4.78 is 20.4. The van der Waals surface area contributed by atoms with E-state index in [0.29, 0.717) is 23.1 Å². The van der Waals surface area contributed by atoms with E-state index >= 15 is 0 Å². The molecule has 0 aliphatic heterocycles. The number of nitrogens with one attached hydrogen (secondary N) is 2. The molecule has 2 aromatic carbocycles. The first-order valence-electron chi connectivity index (χ1n) is 8.20. The summed E-state index contributed by atoms with van der Waals surface area (Å²) in [5, 5.41) is 10.1. The normalized spacial score (nSPS) is 11.4. The molecule has 2 aromatic rings. The average molecular weight is 459 g/mol. The van der Waals surface area contributed by atoms with Gasteiger partial charge in [0, 0.05) is 28.8 Å². The van der Waals surface area contributed by atoms with Crippen LogP contribution in [-0.2, 0) is 16.1 Å². The average Bonchev–Trinajstić information content (AvgIpc) is 2.62. The molecular weight excluding hydrogens is 437 g/mol. The fraction of sp³-hybridized carbons (Fsp3) is 0.263. The lowest BCUT2D eigenvalue weighted by Gasteiger charge is -2.18. The minimum atomic E-state index is -1.01. The van der Waals surface area contributed by atoms with Gasteiger partial charge < -0.3 is 15.8 Å². The molecule has 0 aliphatic rings. The molecule has 2 rings (SSSR count). The van der Waals surface area contributed by atoms with Crippen LogP contribution in [0.1, 0.15) is 36.1 Å². The van der Waals surface area contributed by atoms with Gasteiger partial charge in [-0.15, -0.1) is 12.4 Å². The molecule has 5 nitrogen and oxygen atoms in total. The van der Waals surface area contributed by atoms with E-state index in [1.54, 1.807) is 36.4 Å². The highest BCUT2D eigenvalue weighted by Gasteiger charge is 2.24. The summed E-state index contributed by atoms with van der Waals surface area (Å²) in [5.41, 5.74) is 7.07. The van der Waals surface area contributed by atoms with Crippen molar-refractivity contribution in [2.24, 2.45) is 5.73 Å². The molecular formula is C19H22BrClFN3O2. The molecule has 0 saturated carbocycles. The molecule has 4 N–H and O–H groups in total. The number of halogens is 3. The third-order valence-corrected chi connectivity index (χ3v) is 4.20. The number of rotatable bonds is 8. The molecule has 0 aromatic heterocycles. The molecule has 27 heavy (non-hydrogen) atoms. The first-order valence-corrected chi connectivity index (χ1v) is 8.99. The number of ether oxygens (including phenoxy) is 1. The van der Waals surface area contributed by atoms with Crippen LogP contribution < -0.4 is 11.1 Å². The smallest absolute Gasteiger partial charge is 0.254 e. The molecule has 0 saturated heterocycles. The molecule has 0 bridgehead atoms. The van der Waals surface area contributed by atoms with Crippen LogP contribution in [0.3, 0.4) is 0 Å². The van der Waals surface area contributed by atoms with Gasteiger partial charge in [0.05, 0.1) is 0 Å². The number of nitrogens with two attached hydrogens (primary N) is 1. The molecule has 0 unspecified atom stereocenters. The third-order valence-electron chi connectivity index (χ3n) is 3.70. The van der Waals surface area contributed by atoms with Crippen LogP contribution in [0.25, 0.3) is 0 Å². The van der Waals surface area contributed by atoms with Crippen molar-refractivity contribution in [1.82, 2.24) is 5.32 Å². The second-order valence-electron chi connectivity index (χ2n) is 5.75. The quantitative estimate of drug-likeness (QED) is 0.411. The van der Waals surface area contributed by atoms with Crippen LogP contribution in [0.15, 0.2) is 46.9 Å². The van der Waals surface area contributed by atoms with E-state index in [9.17, 15) is 9.18 Å². The number of benzene rings is 2. The highest BCUT2D eigenvalue weighted by atomic mass is 79.9. The van der Waals surface area contributed by atoms with E-state index < -0.39 is 17.8 Å². The number of hydrogen-bond donors (Lipinski definition) is 3. The van der Waals surface area contributed by atoms with Crippen LogP contribution in [0.2, 0.25) is 0 Å². The maximum absolute atomic E-state index is 14.2. The fourth-order valence-electron chi connectivity index (χ4n) is 2.34. The number of hydrogen-bond acceptors (Lipinski definition) is 3. The lowest BCUT2D eigenvalue weighted by molar-refractivity contribution is -0.133. The summed E-state index contributed by atoms with van der Waals surface area (Å²) in [6.45, 7) is 2.53. The van der Waals surface area contributed by atoms with Crippen LogP contribution in [0, 0.1) is 11.2 Å². The van der Waals surface area contributed by atoms with E-state index in [4.69, 9.17) is 15.9 Å². The van der Waals surface area contributed by atoms with Crippen molar-refractivity contribution in [2.45, 2.75) is 26.0 Å². The zero-order valence-electron chi connectivity index (χ0n) is 14.8. The Morgan fingerprint density at radius 1 is 1.30 bits per heavy atom. The van der Waals surface area contributed by atoms with Crippen molar-refractivity contribution < 1.29 is 13.9 Å². The van der Waals surface area contributed by atoms with Gasteiger partial charge in [0.2, 0.25) is 0 Å². The molecule has 0 fully saturated rings. The highest BCUT2D eigenvalue weighted by Crippen LogP contribution is 2.24. The Bertz CT molecular complexity index is 787. The summed E-state index contributed by atoms with van der Waals surface area (Å²) in [7, 11) is 0. The van der Waals surface area contributed by atoms with Gasteiger partial charge in [0.1, 0.15) is 11.7 Å². The van der Waals surface area contributed by atoms with Gasteiger partial charge in [0.25, 0.3) is 5.91 Å². The zero-order chi connectivity index (χ0) is 19.1. The van der Waals surface area contributed by atoms with Crippen molar-refractivity contribution in [3.8, 4) is 0 Å². The second kappa shape index (κ2) is 11.0. The van der Waals surface area contributed by atoms with Crippen molar-refractivity contribution in [1.29, 1.82) is 5.41 Å². The van der Waals surface area contributed by atoms with Gasteiger partial charge in [0.15, 0.2) is 6.10 Å². The number of carbonyl (C=O) groups is 1. The number of nitrogen functional groups attached to an aromatic ring is 1.